The minimum Gasteiger partial charge on any atom is -0.379 e. The van der Waals surface area contributed by atoms with Crippen molar-refractivity contribution in [1.29, 1.82) is 0 Å². The Hall–Kier alpha value is -0.540. The largest absolute Gasteiger partial charge is 0.379 e. The summed E-state index contributed by atoms with van der Waals surface area (Å²) < 4.78 is 7.62. The van der Waals surface area contributed by atoms with Crippen LogP contribution in [-0.2, 0) is 10.6 Å². The number of alkyl halides is 1. The molecule has 1 aliphatic carbocycles. The molecule has 2 unspecified atom stereocenters. The van der Waals surface area contributed by atoms with Crippen LogP contribution in [0.25, 0.3) is 0 Å². The third-order valence-electron chi connectivity index (χ3n) is 2.96. The van der Waals surface area contributed by atoms with E-state index in [1.807, 2.05) is 12.5 Å². The van der Waals surface area contributed by atoms with Crippen molar-refractivity contribution in [2.45, 2.75) is 37.3 Å². The molecule has 1 aliphatic rings. The Morgan fingerprint density at radius 2 is 2.50 bits per heavy atom. The Morgan fingerprint density at radius 1 is 1.64 bits per heavy atom. The molecular formula is C10H15ClN2O. The first-order chi connectivity index (χ1) is 6.86. The highest BCUT2D eigenvalue weighted by molar-refractivity contribution is 6.16. The lowest BCUT2D eigenvalue weighted by Crippen LogP contribution is -2.21. The maximum Gasteiger partial charge on any atom is 0.0952 e. The maximum atomic E-state index is 5.84. The van der Waals surface area contributed by atoms with Gasteiger partial charge in [0.2, 0.25) is 0 Å². The minimum atomic E-state index is 0.325. The first kappa shape index (κ1) is 9.99. The fourth-order valence-electron chi connectivity index (χ4n) is 2.23. The van der Waals surface area contributed by atoms with E-state index in [1.165, 1.54) is 12.8 Å². The van der Waals surface area contributed by atoms with Crippen molar-refractivity contribution in [1.82, 2.24) is 9.55 Å². The summed E-state index contributed by atoms with van der Waals surface area (Å²) in [7, 11) is 1.78. The van der Waals surface area contributed by atoms with E-state index >= 15 is 0 Å². The van der Waals surface area contributed by atoms with Crippen molar-refractivity contribution in [2.75, 3.05) is 7.11 Å². The molecule has 1 aromatic heterocycles. The molecule has 0 N–H and O–H groups in total. The first-order valence-electron chi connectivity index (χ1n) is 4.96. The van der Waals surface area contributed by atoms with Gasteiger partial charge in [0.25, 0.3) is 0 Å². The standard InChI is InChI=1S/C10H15ClN2O/c1-14-10-4-2-3-9(10)13-7-12-6-8(13)5-11/h6-7,9-10H,2-5H2,1H3. The molecule has 4 heteroatoms. The molecule has 0 bridgehead atoms. The molecule has 1 saturated carbocycles. The molecule has 0 aromatic carbocycles. The van der Waals surface area contributed by atoms with Crippen LogP contribution in [0.2, 0.25) is 0 Å². The second kappa shape index (κ2) is 4.32. The van der Waals surface area contributed by atoms with Crippen molar-refractivity contribution in [3.05, 3.63) is 18.2 Å². The second-order valence-corrected chi connectivity index (χ2v) is 3.97. The lowest BCUT2D eigenvalue weighted by molar-refractivity contribution is 0.0742. The average Bonchev–Trinajstić information content (AvgIpc) is 2.85. The molecule has 78 valence electrons. The van der Waals surface area contributed by atoms with E-state index in [1.54, 1.807) is 7.11 Å². The molecule has 2 rings (SSSR count). The molecule has 0 amide bonds. The third kappa shape index (κ3) is 1.66. The van der Waals surface area contributed by atoms with Gasteiger partial charge in [-0.15, -0.1) is 11.6 Å². The smallest absolute Gasteiger partial charge is 0.0952 e. The zero-order valence-corrected chi connectivity index (χ0v) is 9.07. The van der Waals surface area contributed by atoms with Gasteiger partial charge in [0.1, 0.15) is 0 Å². The van der Waals surface area contributed by atoms with Gasteiger partial charge in [0.15, 0.2) is 0 Å². The number of halogens is 1. The SMILES string of the molecule is COC1CCCC1n1cncc1CCl. The van der Waals surface area contributed by atoms with E-state index in [2.05, 4.69) is 9.55 Å². The van der Waals surface area contributed by atoms with E-state index in [4.69, 9.17) is 16.3 Å². The van der Waals surface area contributed by atoms with E-state index in [-0.39, 0.29) is 0 Å². The quantitative estimate of drug-likeness (QED) is 0.723. The van der Waals surface area contributed by atoms with Crippen LogP contribution in [0, 0.1) is 0 Å². The van der Waals surface area contributed by atoms with Crippen molar-refractivity contribution in [3.63, 3.8) is 0 Å². The number of ether oxygens (including phenoxy) is 1. The fraction of sp³-hybridized carbons (Fsp3) is 0.700. The normalized spacial score (nSPS) is 27.0. The maximum absolute atomic E-state index is 5.84. The number of nitrogens with zero attached hydrogens (tertiary/aromatic N) is 2. The Balaban J connectivity index is 2.21. The molecule has 3 nitrogen and oxygen atoms in total. The average molecular weight is 215 g/mol. The first-order valence-corrected chi connectivity index (χ1v) is 5.49. The van der Waals surface area contributed by atoms with Crippen molar-refractivity contribution in [3.8, 4) is 0 Å². The lowest BCUT2D eigenvalue weighted by Gasteiger charge is -2.21. The molecule has 14 heavy (non-hydrogen) atoms. The van der Waals surface area contributed by atoms with E-state index in [9.17, 15) is 0 Å². The molecule has 0 aliphatic heterocycles. The van der Waals surface area contributed by atoms with Gasteiger partial charge in [-0.1, -0.05) is 0 Å². The molecule has 1 heterocycles. The summed E-state index contributed by atoms with van der Waals surface area (Å²) in [6.45, 7) is 0. The predicted octanol–water partition coefficient (Wildman–Crippen LogP) is 2.36. The highest BCUT2D eigenvalue weighted by Gasteiger charge is 2.29. The number of rotatable bonds is 3. The Kier molecular flexibility index (Phi) is 3.08. The topological polar surface area (TPSA) is 27.1 Å². The van der Waals surface area contributed by atoms with Crippen LogP contribution in [0.15, 0.2) is 12.5 Å². The van der Waals surface area contributed by atoms with Crippen LogP contribution in [-0.4, -0.2) is 22.8 Å². The van der Waals surface area contributed by atoms with Gasteiger partial charge in [-0.25, -0.2) is 4.98 Å². The van der Waals surface area contributed by atoms with Crippen molar-refractivity contribution < 1.29 is 4.74 Å². The van der Waals surface area contributed by atoms with Crippen LogP contribution in [0.5, 0.6) is 0 Å². The van der Waals surface area contributed by atoms with Gasteiger partial charge in [0, 0.05) is 13.3 Å². The number of hydrogen-bond acceptors (Lipinski definition) is 2. The molecule has 0 saturated heterocycles. The van der Waals surface area contributed by atoms with Gasteiger partial charge in [-0.3, -0.25) is 0 Å². The van der Waals surface area contributed by atoms with E-state index < -0.39 is 0 Å². The number of aromatic nitrogens is 2. The van der Waals surface area contributed by atoms with Gasteiger partial charge >= 0.3 is 0 Å². The summed E-state index contributed by atoms with van der Waals surface area (Å²) in [5.74, 6) is 0.521. The number of hydrogen-bond donors (Lipinski definition) is 0. The van der Waals surface area contributed by atoms with Gasteiger partial charge in [-0.05, 0) is 19.3 Å². The van der Waals surface area contributed by atoms with Crippen LogP contribution in [0.1, 0.15) is 31.0 Å². The monoisotopic (exact) mass is 214 g/mol. The molecule has 0 spiro atoms. The van der Waals surface area contributed by atoms with Gasteiger partial charge in [-0.2, -0.15) is 0 Å². The van der Waals surface area contributed by atoms with Gasteiger partial charge < -0.3 is 9.30 Å². The van der Waals surface area contributed by atoms with Gasteiger partial charge in [0.05, 0.1) is 30.0 Å². The van der Waals surface area contributed by atoms with Crippen LogP contribution in [0.4, 0.5) is 0 Å². The van der Waals surface area contributed by atoms with Crippen molar-refractivity contribution >= 4 is 11.6 Å². The zero-order chi connectivity index (χ0) is 9.97. The molecule has 0 radical (unpaired) electrons. The number of imidazole rings is 1. The summed E-state index contributed by atoms with van der Waals surface area (Å²) in [5, 5.41) is 0. The lowest BCUT2D eigenvalue weighted by atomic mass is 10.2. The van der Waals surface area contributed by atoms with Crippen LogP contribution < -0.4 is 0 Å². The highest BCUT2D eigenvalue weighted by atomic mass is 35.5. The number of methoxy groups -OCH3 is 1. The second-order valence-electron chi connectivity index (χ2n) is 3.70. The summed E-state index contributed by atoms with van der Waals surface area (Å²) in [6, 6.07) is 0.427. The van der Waals surface area contributed by atoms with Crippen molar-refractivity contribution in [2.24, 2.45) is 0 Å². The summed E-state index contributed by atoms with van der Waals surface area (Å²) in [5.41, 5.74) is 1.08. The summed E-state index contributed by atoms with van der Waals surface area (Å²) in [6.07, 6.45) is 7.55. The molecular weight excluding hydrogens is 200 g/mol. The Morgan fingerprint density at radius 3 is 3.21 bits per heavy atom. The molecule has 2 atom stereocenters. The highest BCUT2D eigenvalue weighted by Crippen LogP contribution is 2.33. The fourth-order valence-corrected chi connectivity index (χ4v) is 2.44. The molecule has 1 aromatic rings. The van der Waals surface area contributed by atoms with E-state index in [0.29, 0.717) is 18.0 Å². The predicted molar refractivity (Wildman–Crippen MR) is 55.5 cm³/mol. The summed E-state index contributed by atoms with van der Waals surface area (Å²) in [4.78, 5) is 4.13. The van der Waals surface area contributed by atoms with E-state index in [0.717, 1.165) is 12.1 Å². The molecule has 1 fully saturated rings. The Bertz CT molecular complexity index is 300. The Labute approximate surface area is 89.0 Å². The third-order valence-corrected chi connectivity index (χ3v) is 3.23. The van der Waals surface area contributed by atoms with Crippen LogP contribution >= 0.6 is 11.6 Å². The zero-order valence-electron chi connectivity index (χ0n) is 8.32. The minimum absolute atomic E-state index is 0.325. The summed E-state index contributed by atoms with van der Waals surface area (Å²) >= 11 is 5.84. The van der Waals surface area contributed by atoms with Crippen LogP contribution in [0.3, 0.4) is 0 Å².